The van der Waals surface area contributed by atoms with Gasteiger partial charge in [0, 0.05) is 33.7 Å². The largest absolute Gasteiger partial charge is 0.273 e. The molecule has 0 bridgehead atoms. The van der Waals surface area contributed by atoms with Gasteiger partial charge in [-0.3, -0.25) is 5.01 Å². The van der Waals surface area contributed by atoms with Crippen molar-refractivity contribution in [2.75, 3.05) is 0 Å². The zero-order valence-corrected chi connectivity index (χ0v) is 17.0. The Morgan fingerprint density at radius 1 is 0.962 bits per heavy atom. The van der Waals surface area contributed by atoms with Crippen LogP contribution in [0.4, 0.5) is 5.69 Å². The van der Waals surface area contributed by atoms with Gasteiger partial charge in [-0.2, -0.15) is 0 Å². The normalized spacial score (nSPS) is 11.8. The fourth-order valence-corrected chi connectivity index (χ4v) is 2.99. The molecule has 1 heterocycles. The monoisotopic (exact) mass is 411 g/mol. The lowest BCUT2D eigenvalue weighted by molar-refractivity contribution is 0.169. The molecule has 3 rings (SSSR count). The van der Waals surface area contributed by atoms with Crippen LogP contribution in [0.15, 0.2) is 63.5 Å². The molecule has 0 spiro atoms. The van der Waals surface area contributed by atoms with E-state index in [1.54, 1.807) is 0 Å². The molecule has 0 radical (unpaired) electrons. The second-order valence-corrected chi connectivity index (χ2v) is 7.62. The Morgan fingerprint density at radius 2 is 1.65 bits per heavy atom. The van der Waals surface area contributed by atoms with Crippen molar-refractivity contribution in [2.24, 2.45) is 10.3 Å². The molecule has 6 heteroatoms. The van der Waals surface area contributed by atoms with Crippen LogP contribution in [0.1, 0.15) is 27.7 Å². The van der Waals surface area contributed by atoms with Crippen LogP contribution >= 0.6 is 15.9 Å². The van der Waals surface area contributed by atoms with E-state index >= 15 is 0 Å². The van der Waals surface area contributed by atoms with Gasteiger partial charge < -0.3 is 0 Å². The molecular weight excluding hydrogens is 390 g/mol. The summed E-state index contributed by atoms with van der Waals surface area (Å²) in [4.78, 5) is 9.15. The summed E-state index contributed by atoms with van der Waals surface area (Å²) < 4.78 is 1.04. The average Bonchev–Trinajstić information content (AvgIpc) is 2.61. The van der Waals surface area contributed by atoms with Crippen molar-refractivity contribution in [3.05, 3.63) is 53.1 Å². The van der Waals surface area contributed by atoms with Crippen molar-refractivity contribution in [2.45, 2.75) is 39.8 Å². The van der Waals surface area contributed by atoms with Crippen molar-refractivity contribution >= 4 is 32.5 Å². The summed E-state index contributed by atoms with van der Waals surface area (Å²) in [5.74, 6) is 0.713. The summed E-state index contributed by atoms with van der Waals surface area (Å²) in [5.41, 5.74) is 2.67. The van der Waals surface area contributed by atoms with Gasteiger partial charge >= 0.3 is 0 Å². The van der Waals surface area contributed by atoms with Gasteiger partial charge in [-0.1, -0.05) is 33.3 Å². The summed E-state index contributed by atoms with van der Waals surface area (Å²) in [6, 6.07) is 14.4. The minimum atomic E-state index is 0.302. The van der Waals surface area contributed by atoms with Gasteiger partial charge in [0.25, 0.3) is 0 Å². The van der Waals surface area contributed by atoms with Crippen LogP contribution < -0.4 is 0 Å². The molecule has 134 valence electrons. The average molecular weight is 412 g/mol. The van der Waals surface area contributed by atoms with Gasteiger partial charge in [-0.15, -0.1) is 5.11 Å². The van der Waals surface area contributed by atoms with Crippen LogP contribution in [0.3, 0.4) is 0 Å². The maximum absolute atomic E-state index is 4.66. The first kappa shape index (κ1) is 18.5. The van der Waals surface area contributed by atoms with Crippen LogP contribution in [0.5, 0.6) is 0 Å². The van der Waals surface area contributed by atoms with Crippen molar-refractivity contribution < 1.29 is 0 Å². The van der Waals surface area contributed by atoms with Crippen LogP contribution in [-0.2, 0) is 0 Å². The number of hydrogen-bond acceptors (Lipinski definition) is 4. The summed E-state index contributed by atoms with van der Waals surface area (Å²) in [5, 5.41) is 11.7. The Balaban J connectivity index is 1.88. The predicted octanol–water partition coefficient (Wildman–Crippen LogP) is 6.18. The quantitative estimate of drug-likeness (QED) is 0.372. The molecule has 1 aromatic heterocycles. The number of hydrogen-bond donors (Lipinski definition) is 0. The topological polar surface area (TPSA) is 53.7 Å². The first-order valence-electron chi connectivity index (χ1n) is 8.67. The third kappa shape index (κ3) is 4.25. The molecule has 0 fully saturated rings. The third-order valence-electron chi connectivity index (χ3n) is 3.99. The van der Waals surface area contributed by atoms with E-state index in [0.29, 0.717) is 17.9 Å². The van der Waals surface area contributed by atoms with E-state index in [1.165, 1.54) is 0 Å². The number of nitrogens with zero attached hydrogens (tertiary/aromatic N) is 5. The van der Waals surface area contributed by atoms with E-state index in [9.17, 15) is 0 Å². The standard InChI is InChI=1S/C20H22BrN5/c1-13(2)26(14(3)4)25-24-18-9-10-19-16(11-18)12-22-20(23-19)15-5-7-17(21)8-6-15/h5-14H,1-4H3. The summed E-state index contributed by atoms with van der Waals surface area (Å²) in [6.07, 6.45) is 1.83. The Labute approximate surface area is 162 Å². The number of halogens is 1. The van der Waals surface area contributed by atoms with E-state index in [1.807, 2.05) is 53.7 Å². The van der Waals surface area contributed by atoms with E-state index in [0.717, 1.165) is 26.6 Å². The molecule has 0 N–H and O–H groups in total. The van der Waals surface area contributed by atoms with Gasteiger partial charge in [0.2, 0.25) is 0 Å². The van der Waals surface area contributed by atoms with E-state index in [2.05, 4.69) is 63.9 Å². The highest BCUT2D eigenvalue weighted by Crippen LogP contribution is 2.24. The summed E-state index contributed by atoms with van der Waals surface area (Å²) in [7, 11) is 0. The number of aromatic nitrogens is 2. The lowest BCUT2D eigenvalue weighted by atomic mass is 10.2. The van der Waals surface area contributed by atoms with E-state index in [4.69, 9.17) is 0 Å². The Kier molecular flexibility index (Phi) is 5.61. The predicted molar refractivity (Wildman–Crippen MR) is 109 cm³/mol. The molecular formula is C20H22BrN5. The lowest BCUT2D eigenvalue weighted by Crippen LogP contribution is -2.31. The first-order chi connectivity index (χ1) is 12.4. The second kappa shape index (κ2) is 7.91. The number of rotatable bonds is 5. The van der Waals surface area contributed by atoms with E-state index in [-0.39, 0.29) is 0 Å². The molecule has 0 aliphatic rings. The van der Waals surface area contributed by atoms with Crippen LogP contribution in [0.25, 0.3) is 22.3 Å². The fourth-order valence-electron chi connectivity index (χ4n) is 2.73. The highest BCUT2D eigenvalue weighted by atomic mass is 79.9. The fraction of sp³-hybridized carbons (Fsp3) is 0.300. The highest BCUT2D eigenvalue weighted by Gasteiger charge is 2.10. The second-order valence-electron chi connectivity index (χ2n) is 6.70. The minimum Gasteiger partial charge on any atom is -0.273 e. The summed E-state index contributed by atoms with van der Waals surface area (Å²) >= 11 is 3.44. The molecule has 5 nitrogen and oxygen atoms in total. The SMILES string of the molecule is CC(C)N(N=Nc1ccc2nc(-c3ccc(Br)cc3)ncc2c1)C(C)C. The maximum atomic E-state index is 4.66. The Bertz CT molecular complexity index is 911. The van der Waals surface area contributed by atoms with Crippen LogP contribution in [0.2, 0.25) is 0 Å². The molecule has 0 atom stereocenters. The van der Waals surface area contributed by atoms with Crippen LogP contribution in [0, 0.1) is 0 Å². The maximum Gasteiger partial charge on any atom is 0.159 e. The molecule has 0 aliphatic carbocycles. The van der Waals surface area contributed by atoms with Crippen molar-refractivity contribution in [3.63, 3.8) is 0 Å². The molecule has 2 aromatic carbocycles. The van der Waals surface area contributed by atoms with Gasteiger partial charge in [0.05, 0.1) is 11.2 Å². The molecule has 0 aliphatic heterocycles. The minimum absolute atomic E-state index is 0.302. The van der Waals surface area contributed by atoms with Crippen molar-refractivity contribution in [1.29, 1.82) is 0 Å². The highest BCUT2D eigenvalue weighted by molar-refractivity contribution is 9.10. The lowest BCUT2D eigenvalue weighted by Gasteiger charge is -2.25. The Morgan fingerprint density at radius 3 is 2.31 bits per heavy atom. The Hall–Kier alpha value is -2.34. The van der Waals surface area contributed by atoms with Gasteiger partial charge in [0.1, 0.15) is 0 Å². The van der Waals surface area contributed by atoms with E-state index < -0.39 is 0 Å². The zero-order valence-electron chi connectivity index (χ0n) is 15.4. The molecule has 0 unspecified atom stereocenters. The van der Waals surface area contributed by atoms with Crippen LogP contribution in [-0.4, -0.2) is 27.1 Å². The smallest absolute Gasteiger partial charge is 0.159 e. The molecule has 3 aromatic rings. The van der Waals surface area contributed by atoms with Gasteiger partial charge in [-0.25, -0.2) is 9.97 Å². The third-order valence-corrected chi connectivity index (χ3v) is 4.52. The molecule has 0 saturated heterocycles. The number of fused-ring (bicyclic) bond motifs is 1. The molecule has 26 heavy (non-hydrogen) atoms. The van der Waals surface area contributed by atoms with Crippen molar-refractivity contribution in [1.82, 2.24) is 15.0 Å². The van der Waals surface area contributed by atoms with Gasteiger partial charge in [-0.05, 0) is 58.0 Å². The molecule has 0 saturated carbocycles. The van der Waals surface area contributed by atoms with Gasteiger partial charge in [0.15, 0.2) is 5.82 Å². The van der Waals surface area contributed by atoms with Crippen molar-refractivity contribution in [3.8, 4) is 11.4 Å². The zero-order chi connectivity index (χ0) is 18.7. The molecule has 0 amide bonds. The number of benzene rings is 2. The summed E-state index contributed by atoms with van der Waals surface area (Å²) in [6.45, 7) is 8.43. The first-order valence-corrected chi connectivity index (χ1v) is 9.46.